The Bertz CT molecular complexity index is 796. The molecule has 1 N–H and O–H groups in total. The van der Waals surface area contributed by atoms with Crippen molar-refractivity contribution in [1.82, 2.24) is 4.90 Å². The van der Waals surface area contributed by atoms with Gasteiger partial charge in [-0.2, -0.15) is 0 Å². The molecule has 142 valence electrons. The van der Waals surface area contributed by atoms with Gasteiger partial charge in [-0.05, 0) is 29.7 Å². The highest BCUT2D eigenvalue weighted by Crippen LogP contribution is 2.23. The van der Waals surface area contributed by atoms with E-state index in [-0.39, 0.29) is 5.92 Å². The van der Waals surface area contributed by atoms with Gasteiger partial charge in [-0.15, -0.1) is 0 Å². The van der Waals surface area contributed by atoms with E-state index in [2.05, 4.69) is 41.3 Å². The number of hydrogen-bond acceptors (Lipinski definition) is 2. The van der Waals surface area contributed by atoms with Crippen LogP contribution in [0.4, 0.5) is 0 Å². The van der Waals surface area contributed by atoms with Crippen LogP contribution in [0.3, 0.4) is 0 Å². The second-order valence-corrected chi connectivity index (χ2v) is 7.79. The van der Waals surface area contributed by atoms with Gasteiger partial charge in [-0.25, -0.2) is 0 Å². The summed E-state index contributed by atoms with van der Waals surface area (Å²) in [7, 11) is 1.73. The molecule has 0 radical (unpaired) electrons. The molecule has 4 rings (SSSR count). The van der Waals surface area contributed by atoms with Crippen LogP contribution in [-0.4, -0.2) is 37.6 Å². The summed E-state index contributed by atoms with van der Waals surface area (Å²) in [6, 6.07) is 16.8. The van der Waals surface area contributed by atoms with Crippen LogP contribution in [0.1, 0.15) is 29.5 Å². The zero-order chi connectivity index (χ0) is 18.6. The van der Waals surface area contributed by atoms with Gasteiger partial charge in [0.15, 0.2) is 0 Å². The lowest BCUT2D eigenvalue weighted by Crippen LogP contribution is -3.11. The van der Waals surface area contributed by atoms with Crippen molar-refractivity contribution in [1.29, 1.82) is 0 Å². The molecule has 0 spiro atoms. The van der Waals surface area contributed by atoms with Gasteiger partial charge < -0.3 is 14.5 Å². The molecule has 2 aromatic carbocycles. The van der Waals surface area contributed by atoms with E-state index in [9.17, 15) is 4.79 Å². The molecule has 27 heavy (non-hydrogen) atoms. The van der Waals surface area contributed by atoms with Crippen molar-refractivity contribution in [2.75, 3.05) is 26.7 Å². The van der Waals surface area contributed by atoms with E-state index in [1.54, 1.807) is 12.0 Å². The number of quaternary nitrogens is 1. The molecule has 4 heteroatoms. The average molecular weight is 365 g/mol. The molecular weight excluding hydrogens is 336 g/mol. The Hall–Kier alpha value is -2.33. The Labute approximate surface area is 161 Å². The second-order valence-electron chi connectivity index (χ2n) is 7.79. The first-order valence-corrected chi connectivity index (χ1v) is 10.1. The first-order chi connectivity index (χ1) is 13.2. The quantitative estimate of drug-likeness (QED) is 0.900. The third-order valence-corrected chi connectivity index (χ3v) is 6.12. The Morgan fingerprint density at radius 2 is 1.78 bits per heavy atom. The predicted octanol–water partition coefficient (Wildman–Crippen LogP) is 2.07. The molecular formula is C23H29N2O2+. The first-order valence-electron chi connectivity index (χ1n) is 10.1. The van der Waals surface area contributed by atoms with Gasteiger partial charge in [0.05, 0.1) is 20.2 Å². The van der Waals surface area contributed by atoms with E-state index >= 15 is 0 Å². The molecule has 0 saturated carbocycles. The number of carbonyl (C=O) groups excluding carboxylic acids is 1. The summed E-state index contributed by atoms with van der Waals surface area (Å²) in [6.45, 7) is 4.73. The monoisotopic (exact) mass is 365 g/mol. The van der Waals surface area contributed by atoms with Crippen molar-refractivity contribution in [3.63, 3.8) is 0 Å². The molecule has 0 bridgehead atoms. The maximum absolute atomic E-state index is 13.0. The minimum Gasteiger partial charge on any atom is -0.496 e. The Morgan fingerprint density at radius 1 is 1.07 bits per heavy atom. The molecule has 1 saturated heterocycles. The third-order valence-electron chi connectivity index (χ3n) is 6.12. The summed E-state index contributed by atoms with van der Waals surface area (Å²) >= 11 is 0. The number of piperidine rings is 1. The zero-order valence-electron chi connectivity index (χ0n) is 16.1. The van der Waals surface area contributed by atoms with Crippen LogP contribution >= 0.6 is 0 Å². The number of nitrogens with one attached hydrogen (secondary N) is 1. The number of amides is 1. The van der Waals surface area contributed by atoms with E-state index in [0.29, 0.717) is 5.91 Å². The van der Waals surface area contributed by atoms with Crippen molar-refractivity contribution in [2.45, 2.75) is 32.4 Å². The van der Waals surface area contributed by atoms with Crippen LogP contribution in [-0.2, 0) is 24.3 Å². The van der Waals surface area contributed by atoms with E-state index < -0.39 is 0 Å². The summed E-state index contributed by atoms with van der Waals surface area (Å²) in [5, 5.41) is 0. The van der Waals surface area contributed by atoms with Crippen LogP contribution < -0.4 is 9.64 Å². The molecule has 0 atom stereocenters. The molecule has 0 unspecified atom stereocenters. The Balaban J connectivity index is 1.32. The zero-order valence-corrected chi connectivity index (χ0v) is 16.1. The van der Waals surface area contributed by atoms with Crippen LogP contribution in [0.25, 0.3) is 0 Å². The number of nitrogens with zero attached hydrogens (tertiary/aromatic N) is 1. The van der Waals surface area contributed by atoms with E-state index in [0.717, 1.165) is 57.7 Å². The van der Waals surface area contributed by atoms with Gasteiger partial charge in [0.25, 0.3) is 0 Å². The van der Waals surface area contributed by atoms with Crippen LogP contribution in [0.5, 0.6) is 5.75 Å². The topological polar surface area (TPSA) is 34.0 Å². The van der Waals surface area contributed by atoms with Crippen LogP contribution in [0, 0.1) is 5.92 Å². The smallest absolute Gasteiger partial charge is 0.226 e. The van der Waals surface area contributed by atoms with Gasteiger partial charge in [0.2, 0.25) is 5.91 Å². The molecule has 0 aromatic heterocycles. The molecule has 2 heterocycles. The van der Waals surface area contributed by atoms with E-state index in [1.165, 1.54) is 16.7 Å². The van der Waals surface area contributed by atoms with Gasteiger partial charge in [-0.3, -0.25) is 4.79 Å². The van der Waals surface area contributed by atoms with Crippen molar-refractivity contribution in [3.05, 3.63) is 65.2 Å². The van der Waals surface area contributed by atoms with Crippen molar-refractivity contribution < 1.29 is 14.4 Å². The standard InChI is InChI=1S/C23H28N2O2/c1-27-22-9-5-4-8-21(22)16-24-13-10-19(11-14-24)23(26)25-15-12-18-6-2-3-7-20(18)17-25/h2-9,19H,10-17H2,1H3/p+1. The summed E-state index contributed by atoms with van der Waals surface area (Å²) in [4.78, 5) is 16.7. The van der Waals surface area contributed by atoms with Crippen molar-refractivity contribution >= 4 is 5.91 Å². The highest BCUT2D eigenvalue weighted by Gasteiger charge is 2.32. The molecule has 1 fully saturated rings. The fourth-order valence-corrected chi connectivity index (χ4v) is 4.51. The fourth-order valence-electron chi connectivity index (χ4n) is 4.51. The Kier molecular flexibility index (Phi) is 5.44. The number of likely N-dealkylation sites (tertiary alicyclic amines) is 1. The van der Waals surface area contributed by atoms with Gasteiger partial charge >= 0.3 is 0 Å². The number of hydrogen-bond donors (Lipinski definition) is 1. The predicted molar refractivity (Wildman–Crippen MR) is 106 cm³/mol. The maximum Gasteiger partial charge on any atom is 0.226 e. The number of rotatable bonds is 4. The first kappa shape index (κ1) is 18.1. The summed E-state index contributed by atoms with van der Waals surface area (Å²) in [5.41, 5.74) is 3.97. The summed E-state index contributed by atoms with van der Waals surface area (Å²) in [5.74, 6) is 1.52. The summed E-state index contributed by atoms with van der Waals surface area (Å²) in [6.07, 6.45) is 2.96. The lowest BCUT2D eigenvalue weighted by molar-refractivity contribution is -0.919. The van der Waals surface area contributed by atoms with Gasteiger partial charge in [-0.1, -0.05) is 36.4 Å². The molecule has 1 amide bonds. The molecule has 4 nitrogen and oxygen atoms in total. The maximum atomic E-state index is 13.0. The number of ether oxygens (including phenoxy) is 1. The number of carbonyl (C=O) groups is 1. The molecule has 2 aromatic rings. The van der Waals surface area contributed by atoms with Crippen molar-refractivity contribution in [2.24, 2.45) is 5.92 Å². The fraction of sp³-hybridized carbons (Fsp3) is 0.435. The van der Waals surface area contributed by atoms with E-state index in [1.807, 2.05) is 12.1 Å². The molecule has 2 aliphatic rings. The highest BCUT2D eigenvalue weighted by atomic mass is 16.5. The van der Waals surface area contributed by atoms with Crippen LogP contribution in [0.2, 0.25) is 0 Å². The lowest BCUT2D eigenvalue weighted by Gasteiger charge is -2.35. The molecule has 2 aliphatic heterocycles. The second kappa shape index (κ2) is 8.13. The lowest BCUT2D eigenvalue weighted by atomic mass is 9.93. The Morgan fingerprint density at radius 3 is 2.56 bits per heavy atom. The van der Waals surface area contributed by atoms with E-state index in [4.69, 9.17) is 4.74 Å². The minimum absolute atomic E-state index is 0.191. The molecule has 0 aliphatic carbocycles. The van der Waals surface area contributed by atoms with Gasteiger partial charge in [0, 0.05) is 37.4 Å². The number of fused-ring (bicyclic) bond motifs is 1. The summed E-state index contributed by atoms with van der Waals surface area (Å²) < 4.78 is 5.48. The van der Waals surface area contributed by atoms with Crippen LogP contribution in [0.15, 0.2) is 48.5 Å². The number of para-hydroxylation sites is 1. The third kappa shape index (κ3) is 4.01. The number of benzene rings is 2. The average Bonchev–Trinajstić information content (AvgIpc) is 2.74. The SMILES string of the molecule is COc1ccccc1C[NH+]1CCC(C(=O)N2CCc3ccccc3C2)CC1. The largest absolute Gasteiger partial charge is 0.496 e. The van der Waals surface area contributed by atoms with Gasteiger partial charge in [0.1, 0.15) is 12.3 Å². The number of methoxy groups -OCH3 is 1. The van der Waals surface area contributed by atoms with Crippen molar-refractivity contribution in [3.8, 4) is 5.75 Å². The highest BCUT2D eigenvalue weighted by molar-refractivity contribution is 5.79. The minimum atomic E-state index is 0.191. The normalized spacial score (nSPS) is 22.2.